The minimum Gasteiger partial charge on any atom is -0.494 e. The molecule has 0 aliphatic rings. The number of nitrogens with zero attached hydrogens (tertiary/aromatic N) is 1. The second kappa shape index (κ2) is 11.2. The van der Waals surface area contributed by atoms with Gasteiger partial charge in [0.25, 0.3) is 0 Å². The summed E-state index contributed by atoms with van der Waals surface area (Å²) in [7, 11) is 0. The minimum atomic E-state index is -0.217. The van der Waals surface area contributed by atoms with Gasteiger partial charge in [0.1, 0.15) is 11.5 Å². The lowest BCUT2D eigenvalue weighted by Gasteiger charge is -2.04. The molecule has 1 heterocycles. The maximum atomic E-state index is 12.2. The van der Waals surface area contributed by atoms with Gasteiger partial charge in [0.15, 0.2) is 5.13 Å². The number of rotatable bonds is 10. The van der Waals surface area contributed by atoms with Crippen LogP contribution in [0.15, 0.2) is 60.0 Å². The molecule has 0 saturated carbocycles. The van der Waals surface area contributed by atoms with Crippen LogP contribution in [0.2, 0.25) is 0 Å². The molecule has 156 valence electrons. The normalized spacial score (nSPS) is 10.9. The summed E-state index contributed by atoms with van der Waals surface area (Å²) < 4.78 is 11.2. The van der Waals surface area contributed by atoms with Crippen LogP contribution in [0.1, 0.15) is 32.3 Å². The zero-order valence-electron chi connectivity index (χ0n) is 17.3. The van der Waals surface area contributed by atoms with E-state index in [1.54, 1.807) is 6.08 Å². The molecule has 1 N–H and O–H groups in total. The fraction of sp³-hybridized carbons (Fsp3) is 0.250. The molecule has 3 aromatic rings. The van der Waals surface area contributed by atoms with Crippen molar-refractivity contribution in [2.45, 2.75) is 26.7 Å². The third-order valence-electron chi connectivity index (χ3n) is 4.14. The first-order valence-corrected chi connectivity index (χ1v) is 11.0. The van der Waals surface area contributed by atoms with E-state index in [1.807, 2.05) is 53.9 Å². The van der Waals surface area contributed by atoms with E-state index >= 15 is 0 Å². The Labute approximate surface area is 181 Å². The Morgan fingerprint density at radius 3 is 2.17 bits per heavy atom. The highest BCUT2D eigenvalue weighted by molar-refractivity contribution is 7.14. The first-order chi connectivity index (χ1) is 14.7. The Balaban J connectivity index is 1.54. The standard InChI is InChI=1S/C24H26N2O3S/c1-3-15-28-20-10-5-18(6-11-20)7-14-23(27)26-24-25-22(17-30-24)19-8-12-21(13-9-19)29-16-4-2/h5-14,17H,3-4,15-16H2,1-2H3,(H,25,26,27). The van der Waals surface area contributed by atoms with Gasteiger partial charge in [-0.1, -0.05) is 26.0 Å². The van der Waals surface area contributed by atoms with Gasteiger partial charge in [-0.05, 0) is 60.9 Å². The lowest BCUT2D eigenvalue weighted by atomic mass is 10.2. The van der Waals surface area contributed by atoms with Gasteiger partial charge in [-0.3, -0.25) is 10.1 Å². The van der Waals surface area contributed by atoms with Gasteiger partial charge in [0, 0.05) is 17.0 Å². The molecule has 0 aliphatic carbocycles. The number of hydrogen-bond donors (Lipinski definition) is 1. The van der Waals surface area contributed by atoms with Crippen molar-refractivity contribution >= 4 is 28.5 Å². The molecule has 0 bridgehead atoms. The van der Waals surface area contributed by atoms with Crippen molar-refractivity contribution in [3.8, 4) is 22.8 Å². The molecule has 3 rings (SSSR count). The fourth-order valence-corrected chi connectivity index (χ4v) is 3.34. The number of carbonyl (C=O) groups is 1. The van der Waals surface area contributed by atoms with Crippen molar-refractivity contribution in [2.75, 3.05) is 18.5 Å². The van der Waals surface area contributed by atoms with Crippen molar-refractivity contribution in [3.05, 3.63) is 65.6 Å². The van der Waals surface area contributed by atoms with E-state index in [0.29, 0.717) is 18.3 Å². The van der Waals surface area contributed by atoms with E-state index in [4.69, 9.17) is 9.47 Å². The molecule has 0 aliphatic heterocycles. The van der Waals surface area contributed by atoms with Crippen molar-refractivity contribution in [2.24, 2.45) is 0 Å². The Bertz CT molecular complexity index is 963. The Morgan fingerprint density at radius 1 is 0.967 bits per heavy atom. The highest BCUT2D eigenvalue weighted by Crippen LogP contribution is 2.26. The molecule has 6 heteroatoms. The van der Waals surface area contributed by atoms with Crippen LogP contribution in [0.25, 0.3) is 17.3 Å². The van der Waals surface area contributed by atoms with Crippen molar-refractivity contribution in [1.82, 2.24) is 4.98 Å². The molecule has 30 heavy (non-hydrogen) atoms. The van der Waals surface area contributed by atoms with Gasteiger partial charge in [0.05, 0.1) is 18.9 Å². The number of hydrogen-bond acceptors (Lipinski definition) is 5. The zero-order chi connectivity index (χ0) is 21.2. The summed E-state index contributed by atoms with van der Waals surface area (Å²) in [6.07, 6.45) is 5.22. The molecular formula is C24H26N2O3S. The number of carbonyl (C=O) groups excluding carboxylic acids is 1. The largest absolute Gasteiger partial charge is 0.494 e. The summed E-state index contributed by atoms with van der Waals surface area (Å²) in [4.78, 5) is 16.7. The Kier molecular flexibility index (Phi) is 8.03. The third-order valence-corrected chi connectivity index (χ3v) is 4.90. The van der Waals surface area contributed by atoms with Crippen LogP contribution in [0, 0.1) is 0 Å². The highest BCUT2D eigenvalue weighted by Gasteiger charge is 2.07. The van der Waals surface area contributed by atoms with E-state index in [-0.39, 0.29) is 5.91 Å². The van der Waals surface area contributed by atoms with E-state index in [1.165, 1.54) is 17.4 Å². The van der Waals surface area contributed by atoms with Crippen LogP contribution >= 0.6 is 11.3 Å². The summed E-state index contributed by atoms with van der Waals surface area (Å²) in [6.45, 7) is 5.55. The van der Waals surface area contributed by atoms with Gasteiger partial charge in [-0.25, -0.2) is 4.98 Å². The van der Waals surface area contributed by atoms with Crippen LogP contribution in [0.4, 0.5) is 5.13 Å². The quantitative estimate of drug-likeness (QED) is 0.405. The van der Waals surface area contributed by atoms with Gasteiger partial charge in [-0.2, -0.15) is 0 Å². The molecule has 5 nitrogen and oxygen atoms in total. The predicted octanol–water partition coefficient (Wildman–Crippen LogP) is 6.04. The van der Waals surface area contributed by atoms with E-state index in [2.05, 4.69) is 24.1 Å². The maximum absolute atomic E-state index is 12.2. The molecule has 2 aromatic carbocycles. The lowest BCUT2D eigenvalue weighted by molar-refractivity contribution is -0.111. The highest BCUT2D eigenvalue weighted by atomic mass is 32.1. The molecule has 0 saturated heterocycles. The van der Waals surface area contributed by atoms with Crippen molar-refractivity contribution < 1.29 is 14.3 Å². The minimum absolute atomic E-state index is 0.217. The van der Waals surface area contributed by atoms with Crippen LogP contribution in [-0.2, 0) is 4.79 Å². The van der Waals surface area contributed by atoms with Crippen LogP contribution < -0.4 is 14.8 Å². The number of benzene rings is 2. The molecule has 0 atom stereocenters. The van der Waals surface area contributed by atoms with Gasteiger partial charge >= 0.3 is 0 Å². The Morgan fingerprint density at radius 2 is 1.57 bits per heavy atom. The summed E-state index contributed by atoms with van der Waals surface area (Å²) in [5.74, 6) is 1.46. The topological polar surface area (TPSA) is 60.5 Å². The molecule has 0 spiro atoms. The SMILES string of the molecule is CCCOc1ccc(C=CC(=O)Nc2nc(-c3ccc(OCCC)cc3)cs2)cc1. The zero-order valence-corrected chi connectivity index (χ0v) is 18.1. The average molecular weight is 423 g/mol. The van der Waals surface area contributed by atoms with Crippen LogP contribution in [0.3, 0.4) is 0 Å². The second-order valence-electron chi connectivity index (χ2n) is 6.65. The van der Waals surface area contributed by atoms with Gasteiger partial charge in [0.2, 0.25) is 5.91 Å². The lowest BCUT2D eigenvalue weighted by Crippen LogP contribution is -2.07. The summed E-state index contributed by atoms with van der Waals surface area (Å²) in [6, 6.07) is 15.5. The van der Waals surface area contributed by atoms with E-state index in [0.717, 1.165) is 41.2 Å². The molecular weight excluding hydrogens is 396 g/mol. The number of thiazole rings is 1. The van der Waals surface area contributed by atoms with Crippen molar-refractivity contribution in [3.63, 3.8) is 0 Å². The van der Waals surface area contributed by atoms with Crippen LogP contribution in [0.5, 0.6) is 11.5 Å². The van der Waals surface area contributed by atoms with Crippen LogP contribution in [-0.4, -0.2) is 24.1 Å². The fourth-order valence-electron chi connectivity index (χ4n) is 2.62. The monoisotopic (exact) mass is 422 g/mol. The first-order valence-electron chi connectivity index (χ1n) is 10.1. The van der Waals surface area contributed by atoms with Crippen molar-refractivity contribution in [1.29, 1.82) is 0 Å². The Hall–Kier alpha value is -3.12. The second-order valence-corrected chi connectivity index (χ2v) is 7.51. The first kappa shape index (κ1) is 21.6. The van der Waals surface area contributed by atoms with E-state index in [9.17, 15) is 4.79 Å². The third kappa shape index (κ3) is 6.46. The number of nitrogens with one attached hydrogen (secondary N) is 1. The van der Waals surface area contributed by atoms with E-state index < -0.39 is 0 Å². The molecule has 0 radical (unpaired) electrons. The molecule has 0 fully saturated rings. The molecule has 1 aromatic heterocycles. The molecule has 0 unspecified atom stereocenters. The number of amides is 1. The predicted molar refractivity (Wildman–Crippen MR) is 123 cm³/mol. The summed E-state index contributed by atoms with van der Waals surface area (Å²) >= 11 is 1.40. The van der Waals surface area contributed by atoms with Gasteiger partial charge in [-0.15, -0.1) is 11.3 Å². The summed E-state index contributed by atoms with van der Waals surface area (Å²) in [5, 5.41) is 5.30. The number of aromatic nitrogens is 1. The average Bonchev–Trinajstić information content (AvgIpc) is 3.24. The number of ether oxygens (including phenoxy) is 2. The molecule has 1 amide bonds. The number of anilines is 1. The van der Waals surface area contributed by atoms with Gasteiger partial charge < -0.3 is 9.47 Å². The summed E-state index contributed by atoms with van der Waals surface area (Å²) in [5.41, 5.74) is 2.74. The smallest absolute Gasteiger partial charge is 0.250 e. The maximum Gasteiger partial charge on any atom is 0.250 e.